The van der Waals surface area contributed by atoms with E-state index in [1.807, 2.05) is 6.07 Å². The lowest BCUT2D eigenvalue weighted by Crippen LogP contribution is -2.49. The molecular weight excluding hydrogens is 306 g/mol. The van der Waals surface area contributed by atoms with Gasteiger partial charge < -0.3 is 19.5 Å². The Morgan fingerprint density at radius 1 is 1.25 bits per heavy atom. The number of hydrogen-bond donors (Lipinski definition) is 1. The minimum absolute atomic E-state index is 0.00839. The highest BCUT2D eigenvalue weighted by atomic mass is 16.5. The van der Waals surface area contributed by atoms with Crippen LogP contribution in [0.5, 0.6) is 5.75 Å². The SMILES string of the molecule is Cc1ccc2c(c1)[C@H](NC(=O)[C@H]1CCCO1)CC1(CCOCC1)O2. The smallest absolute Gasteiger partial charge is 0.249 e. The van der Waals surface area contributed by atoms with E-state index in [1.165, 1.54) is 5.56 Å². The van der Waals surface area contributed by atoms with Crippen LogP contribution in [-0.4, -0.2) is 37.4 Å². The van der Waals surface area contributed by atoms with Crippen molar-refractivity contribution in [1.29, 1.82) is 0 Å². The average Bonchev–Trinajstić information content (AvgIpc) is 3.11. The zero-order valence-corrected chi connectivity index (χ0v) is 14.2. The minimum atomic E-state index is -0.299. The van der Waals surface area contributed by atoms with Crippen molar-refractivity contribution >= 4 is 5.91 Å². The molecule has 2 atom stereocenters. The van der Waals surface area contributed by atoms with Crippen molar-refractivity contribution in [3.05, 3.63) is 29.3 Å². The van der Waals surface area contributed by atoms with Crippen LogP contribution in [0.25, 0.3) is 0 Å². The molecule has 0 aliphatic carbocycles. The summed E-state index contributed by atoms with van der Waals surface area (Å²) in [6.07, 6.45) is 4.01. The van der Waals surface area contributed by atoms with E-state index in [9.17, 15) is 4.79 Å². The van der Waals surface area contributed by atoms with Gasteiger partial charge in [0.05, 0.1) is 19.3 Å². The van der Waals surface area contributed by atoms with Crippen molar-refractivity contribution in [2.45, 2.75) is 56.8 Å². The Bertz CT molecular complexity index is 618. The standard InChI is InChI=1S/C19H25NO4/c1-13-4-5-16-14(11-13)15(20-18(21)17-3-2-8-23-17)12-19(24-16)6-9-22-10-7-19/h4-5,11,15,17H,2-3,6-10,12H2,1H3,(H,20,21)/t15-,17-/m1/s1. The maximum atomic E-state index is 12.6. The van der Waals surface area contributed by atoms with Crippen molar-refractivity contribution in [1.82, 2.24) is 5.32 Å². The highest BCUT2D eigenvalue weighted by Gasteiger charge is 2.43. The molecule has 5 nitrogen and oxygen atoms in total. The summed E-state index contributed by atoms with van der Waals surface area (Å²) in [7, 11) is 0. The van der Waals surface area contributed by atoms with Crippen molar-refractivity contribution in [3.63, 3.8) is 0 Å². The number of ether oxygens (including phenoxy) is 3. The maximum absolute atomic E-state index is 12.6. The Kier molecular flexibility index (Phi) is 4.22. The van der Waals surface area contributed by atoms with Gasteiger partial charge in [-0.3, -0.25) is 4.79 Å². The van der Waals surface area contributed by atoms with Crippen molar-refractivity contribution in [2.24, 2.45) is 0 Å². The number of rotatable bonds is 2. The molecule has 0 radical (unpaired) electrons. The molecule has 3 aliphatic heterocycles. The van der Waals surface area contributed by atoms with Crippen LogP contribution in [0.4, 0.5) is 0 Å². The van der Waals surface area contributed by atoms with Crippen LogP contribution in [0.2, 0.25) is 0 Å². The lowest BCUT2D eigenvalue weighted by atomic mass is 9.81. The number of benzene rings is 1. The number of aryl methyl sites for hydroxylation is 1. The van der Waals surface area contributed by atoms with Crippen LogP contribution in [0.3, 0.4) is 0 Å². The fourth-order valence-electron chi connectivity index (χ4n) is 4.02. The number of amides is 1. The molecule has 5 heteroatoms. The Morgan fingerprint density at radius 3 is 2.83 bits per heavy atom. The lowest BCUT2D eigenvalue weighted by Gasteiger charge is -2.44. The van der Waals surface area contributed by atoms with E-state index in [-0.39, 0.29) is 23.7 Å². The Balaban J connectivity index is 1.60. The van der Waals surface area contributed by atoms with Gasteiger partial charge in [0, 0.05) is 31.4 Å². The predicted octanol–water partition coefficient (Wildman–Crippen LogP) is 2.66. The van der Waals surface area contributed by atoms with Gasteiger partial charge in [0.25, 0.3) is 0 Å². The second-order valence-corrected chi connectivity index (χ2v) is 7.21. The molecule has 2 saturated heterocycles. The van der Waals surface area contributed by atoms with Crippen LogP contribution >= 0.6 is 0 Å². The molecule has 1 N–H and O–H groups in total. The summed E-state index contributed by atoms with van der Waals surface area (Å²) in [6, 6.07) is 6.20. The fourth-order valence-corrected chi connectivity index (χ4v) is 4.02. The first kappa shape index (κ1) is 15.9. The summed E-state index contributed by atoms with van der Waals surface area (Å²) >= 11 is 0. The van der Waals surface area contributed by atoms with Gasteiger partial charge in [0.2, 0.25) is 5.91 Å². The van der Waals surface area contributed by atoms with E-state index in [0.29, 0.717) is 19.8 Å². The second kappa shape index (κ2) is 6.37. The summed E-state index contributed by atoms with van der Waals surface area (Å²) in [5.41, 5.74) is 2.03. The first-order valence-electron chi connectivity index (χ1n) is 8.95. The average molecular weight is 331 g/mol. The minimum Gasteiger partial charge on any atom is -0.487 e. The molecule has 4 rings (SSSR count). The number of fused-ring (bicyclic) bond motifs is 1. The zero-order valence-electron chi connectivity index (χ0n) is 14.2. The summed E-state index contributed by atoms with van der Waals surface area (Å²) < 4.78 is 17.4. The molecule has 1 amide bonds. The van der Waals surface area contributed by atoms with E-state index in [0.717, 1.165) is 43.4 Å². The first-order valence-corrected chi connectivity index (χ1v) is 8.95. The molecule has 24 heavy (non-hydrogen) atoms. The quantitative estimate of drug-likeness (QED) is 0.905. The van der Waals surface area contributed by atoms with E-state index < -0.39 is 0 Å². The highest BCUT2D eigenvalue weighted by molar-refractivity contribution is 5.81. The molecule has 1 aromatic rings. The molecule has 0 bridgehead atoms. The third-order valence-corrected chi connectivity index (χ3v) is 5.39. The predicted molar refractivity (Wildman–Crippen MR) is 89.1 cm³/mol. The second-order valence-electron chi connectivity index (χ2n) is 7.21. The molecule has 130 valence electrons. The fraction of sp³-hybridized carbons (Fsp3) is 0.632. The van der Waals surface area contributed by atoms with Gasteiger partial charge in [-0.25, -0.2) is 0 Å². The van der Waals surface area contributed by atoms with Crippen molar-refractivity contribution < 1.29 is 19.0 Å². The largest absolute Gasteiger partial charge is 0.487 e. The normalized spacial score (nSPS) is 28.2. The van der Waals surface area contributed by atoms with Gasteiger partial charge in [-0.1, -0.05) is 17.7 Å². The Morgan fingerprint density at radius 2 is 2.08 bits per heavy atom. The molecule has 1 aromatic carbocycles. The van der Waals surface area contributed by atoms with E-state index in [2.05, 4.69) is 24.4 Å². The highest BCUT2D eigenvalue weighted by Crippen LogP contribution is 2.44. The summed E-state index contributed by atoms with van der Waals surface area (Å²) in [5.74, 6) is 0.903. The molecule has 3 aliphatic rings. The summed E-state index contributed by atoms with van der Waals surface area (Å²) in [6.45, 7) is 4.18. The van der Waals surface area contributed by atoms with Gasteiger partial charge in [0.1, 0.15) is 17.5 Å². The number of carbonyl (C=O) groups is 1. The van der Waals surface area contributed by atoms with Gasteiger partial charge in [-0.05, 0) is 25.8 Å². The monoisotopic (exact) mass is 331 g/mol. The molecule has 0 aromatic heterocycles. The molecule has 0 saturated carbocycles. The number of nitrogens with one attached hydrogen (secondary N) is 1. The molecule has 3 heterocycles. The molecule has 1 spiro atoms. The first-order chi connectivity index (χ1) is 11.7. The van der Waals surface area contributed by atoms with E-state index in [4.69, 9.17) is 14.2 Å². The topological polar surface area (TPSA) is 56.8 Å². The lowest BCUT2D eigenvalue weighted by molar-refractivity contribution is -0.132. The summed E-state index contributed by atoms with van der Waals surface area (Å²) in [4.78, 5) is 12.6. The summed E-state index contributed by atoms with van der Waals surface area (Å²) in [5, 5.41) is 3.23. The van der Waals surface area contributed by atoms with Gasteiger partial charge in [-0.2, -0.15) is 0 Å². The third kappa shape index (κ3) is 3.03. The van der Waals surface area contributed by atoms with Gasteiger partial charge >= 0.3 is 0 Å². The van der Waals surface area contributed by atoms with Crippen LogP contribution in [0, 0.1) is 6.92 Å². The third-order valence-electron chi connectivity index (χ3n) is 5.39. The molecular formula is C19H25NO4. The Labute approximate surface area is 142 Å². The molecule has 0 unspecified atom stereocenters. The van der Waals surface area contributed by atoms with Crippen LogP contribution < -0.4 is 10.1 Å². The van der Waals surface area contributed by atoms with Crippen molar-refractivity contribution in [3.8, 4) is 5.75 Å². The van der Waals surface area contributed by atoms with E-state index in [1.54, 1.807) is 0 Å². The number of hydrogen-bond acceptors (Lipinski definition) is 4. The van der Waals surface area contributed by atoms with Crippen LogP contribution in [-0.2, 0) is 14.3 Å². The maximum Gasteiger partial charge on any atom is 0.249 e. The van der Waals surface area contributed by atoms with Crippen molar-refractivity contribution in [2.75, 3.05) is 19.8 Å². The number of carbonyl (C=O) groups excluding carboxylic acids is 1. The molecule has 2 fully saturated rings. The van der Waals surface area contributed by atoms with Gasteiger partial charge in [-0.15, -0.1) is 0 Å². The van der Waals surface area contributed by atoms with Crippen LogP contribution in [0.1, 0.15) is 49.3 Å². The van der Waals surface area contributed by atoms with E-state index >= 15 is 0 Å². The van der Waals surface area contributed by atoms with Crippen LogP contribution in [0.15, 0.2) is 18.2 Å². The zero-order chi connectivity index (χ0) is 16.6. The van der Waals surface area contributed by atoms with Gasteiger partial charge in [0.15, 0.2) is 0 Å². The Hall–Kier alpha value is -1.59.